The third kappa shape index (κ3) is 2.08. The van der Waals surface area contributed by atoms with Crippen LogP contribution in [-0.4, -0.2) is 13.5 Å². The maximum absolute atomic E-state index is 4.58. The van der Waals surface area contributed by atoms with Crippen LogP contribution >= 0.6 is 12.6 Å². The van der Waals surface area contributed by atoms with E-state index in [0.717, 1.165) is 22.0 Å². The van der Waals surface area contributed by atoms with E-state index in [4.69, 9.17) is 0 Å². The van der Waals surface area contributed by atoms with Crippen molar-refractivity contribution in [1.29, 1.82) is 0 Å². The minimum Gasteiger partial charge on any atom is -0.182 e. The van der Waals surface area contributed by atoms with E-state index < -0.39 is 8.07 Å². The Balaban J connectivity index is 4.77. The molecule has 0 saturated heterocycles. The van der Waals surface area contributed by atoms with Gasteiger partial charge in [-0.25, -0.2) is 0 Å². The van der Waals surface area contributed by atoms with Gasteiger partial charge in [-0.15, -0.1) is 0 Å². The van der Waals surface area contributed by atoms with Gasteiger partial charge in [-0.3, -0.25) is 0 Å². The maximum Gasteiger partial charge on any atom is 0.0711 e. The summed E-state index contributed by atoms with van der Waals surface area (Å²) >= 11 is 4.58. The maximum atomic E-state index is 4.58. The Morgan fingerprint density at radius 2 is 1.08 bits per heavy atom. The normalized spacial score (nSPS) is 13.5. The number of rotatable bonds is 4. The van der Waals surface area contributed by atoms with E-state index in [2.05, 4.69) is 54.2 Å². The lowest BCUT2D eigenvalue weighted by Crippen LogP contribution is -2.46. The number of hydrogen-bond donors (Lipinski definition) is 1. The highest BCUT2D eigenvalue weighted by Gasteiger charge is 2.40. The van der Waals surface area contributed by atoms with Gasteiger partial charge in [0.25, 0.3) is 0 Å². The molecule has 0 aliphatic heterocycles. The van der Waals surface area contributed by atoms with E-state index in [1.807, 2.05) is 0 Å². The van der Waals surface area contributed by atoms with Crippen molar-refractivity contribution in [3.05, 3.63) is 0 Å². The van der Waals surface area contributed by atoms with Gasteiger partial charge in [-0.05, 0) is 22.0 Å². The summed E-state index contributed by atoms with van der Waals surface area (Å²) in [6.07, 6.45) is 0. The van der Waals surface area contributed by atoms with Gasteiger partial charge in [0.1, 0.15) is 0 Å². The lowest BCUT2D eigenvalue weighted by molar-refractivity contribution is 0.821. The van der Waals surface area contributed by atoms with Crippen LogP contribution in [0, 0.1) is 0 Å². The van der Waals surface area contributed by atoms with Crippen LogP contribution in [0.4, 0.5) is 0 Å². The van der Waals surface area contributed by atoms with Crippen LogP contribution < -0.4 is 0 Å². The van der Waals surface area contributed by atoms with E-state index in [1.54, 1.807) is 0 Å². The molecule has 0 saturated carbocycles. The van der Waals surface area contributed by atoms with Crippen molar-refractivity contribution in [3.8, 4) is 0 Å². The minimum atomic E-state index is -1.14. The van der Waals surface area contributed by atoms with Crippen molar-refractivity contribution in [2.24, 2.45) is 0 Å². The summed E-state index contributed by atoms with van der Waals surface area (Å²) < 4.78 is 0. The Labute approximate surface area is 84.6 Å². The first-order valence-electron chi connectivity index (χ1n) is 5.00. The molecule has 0 rings (SSSR count). The van der Waals surface area contributed by atoms with Gasteiger partial charge < -0.3 is 0 Å². The summed E-state index contributed by atoms with van der Waals surface area (Å²) in [5.74, 6) is 0. The van der Waals surface area contributed by atoms with Crippen molar-refractivity contribution < 1.29 is 0 Å². The summed E-state index contributed by atoms with van der Waals surface area (Å²) in [4.78, 5) is 0. The molecule has 0 spiro atoms. The van der Waals surface area contributed by atoms with Crippen molar-refractivity contribution in [2.75, 3.05) is 5.38 Å². The van der Waals surface area contributed by atoms with Crippen LogP contribution in [0.25, 0.3) is 0 Å². The van der Waals surface area contributed by atoms with E-state index >= 15 is 0 Å². The first-order chi connectivity index (χ1) is 5.39. The second kappa shape index (κ2) is 4.71. The van der Waals surface area contributed by atoms with Gasteiger partial charge in [0.05, 0.1) is 8.07 Å². The van der Waals surface area contributed by atoms with Crippen molar-refractivity contribution in [2.45, 2.75) is 58.2 Å². The Morgan fingerprint density at radius 3 is 1.08 bits per heavy atom. The summed E-state index contributed by atoms with van der Waals surface area (Å²) in [7, 11) is -1.14. The highest BCUT2D eigenvalue weighted by Crippen LogP contribution is 2.41. The van der Waals surface area contributed by atoms with Gasteiger partial charge >= 0.3 is 0 Å². The zero-order valence-electron chi connectivity index (χ0n) is 9.39. The third-order valence-electron chi connectivity index (χ3n) is 3.50. The molecule has 0 radical (unpaired) electrons. The van der Waals surface area contributed by atoms with Crippen LogP contribution in [0.5, 0.6) is 0 Å². The Bertz CT molecular complexity index is 108. The van der Waals surface area contributed by atoms with Crippen molar-refractivity contribution >= 4 is 20.7 Å². The summed E-state index contributed by atoms with van der Waals surface area (Å²) in [5.41, 5.74) is 2.57. The van der Waals surface area contributed by atoms with Crippen LogP contribution in [0.2, 0.25) is 16.6 Å². The number of hydrogen-bond acceptors (Lipinski definition) is 1. The fourth-order valence-electron chi connectivity index (χ4n) is 2.55. The van der Waals surface area contributed by atoms with Crippen molar-refractivity contribution in [1.82, 2.24) is 0 Å². The fourth-order valence-corrected chi connectivity index (χ4v) is 10.9. The van der Waals surface area contributed by atoms with Crippen LogP contribution in [0.1, 0.15) is 41.5 Å². The Kier molecular flexibility index (Phi) is 4.93. The molecular weight excluding hydrogens is 180 g/mol. The van der Waals surface area contributed by atoms with Crippen LogP contribution in [0.3, 0.4) is 0 Å². The molecule has 0 atom stereocenters. The van der Waals surface area contributed by atoms with Gasteiger partial charge in [0.2, 0.25) is 0 Å². The average molecular weight is 204 g/mol. The molecule has 0 bridgehead atoms. The molecule has 0 unspecified atom stereocenters. The molecule has 0 aromatic carbocycles. The van der Waals surface area contributed by atoms with E-state index in [-0.39, 0.29) is 0 Å². The second-order valence-electron chi connectivity index (χ2n) is 4.73. The molecule has 0 N–H and O–H groups in total. The van der Waals surface area contributed by atoms with E-state index in [9.17, 15) is 0 Å². The van der Waals surface area contributed by atoms with Gasteiger partial charge in [0, 0.05) is 0 Å². The first kappa shape index (κ1) is 12.6. The highest BCUT2D eigenvalue weighted by atomic mass is 32.1. The van der Waals surface area contributed by atoms with Gasteiger partial charge in [-0.1, -0.05) is 41.5 Å². The van der Waals surface area contributed by atoms with Crippen LogP contribution in [0.15, 0.2) is 0 Å². The van der Waals surface area contributed by atoms with Gasteiger partial charge in [-0.2, -0.15) is 12.6 Å². The largest absolute Gasteiger partial charge is 0.182 e. The minimum absolute atomic E-state index is 0.856. The predicted octanol–water partition coefficient (Wildman–Crippen LogP) is 4.13. The highest BCUT2D eigenvalue weighted by molar-refractivity contribution is 7.82. The monoisotopic (exact) mass is 204 g/mol. The Hall–Kier alpha value is 0.567. The molecule has 0 aromatic rings. The fraction of sp³-hybridized carbons (Fsp3) is 1.00. The van der Waals surface area contributed by atoms with Gasteiger partial charge in [0.15, 0.2) is 0 Å². The molecule has 0 aliphatic carbocycles. The zero-order chi connectivity index (χ0) is 9.94. The SMILES string of the molecule is CC(C)[Si](CS)(C(C)C)C(C)C. The molecule has 0 aliphatic rings. The quantitative estimate of drug-likeness (QED) is 0.516. The second-order valence-corrected chi connectivity index (χ2v) is 11.7. The Morgan fingerprint density at radius 1 is 0.833 bits per heavy atom. The lowest BCUT2D eigenvalue weighted by Gasteiger charge is -2.42. The average Bonchev–Trinajstić information content (AvgIpc) is 1.86. The molecule has 12 heavy (non-hydrogen) atoms. The molecule has 0 amide bonds. The van der Waals surface area contributed by atoms with Crippen LogP contribution in [-0.2, 0) is 0 Å². The topological polar surface area (TPSA) is 0 Å². The predicted molar refractivity (Wildman–Crippen MR) is 64.9 cm³/mol. The summed E-state index contributed by atoms with van der Waals surface area (Å²) in [5, 5.41) is 1.14. The van der Waals surface area contributed by atoms with Crippen molar-refractivity contribution in [3.63, 3.8) is 0 Å². The number of thiol groups is 1. The molecule has 0 heterocycles. The summed E-state index contributed by atoms with van der Waals surface area (Å²) in [6, 6.07) is 0. The molecule has 0 fully saturated rings. The first-order valence-corrected chi connectivity index (χ1v) is 8.07. The van der Waals surface area contributed by atoms with E-state index in [0.29, 0.717) is 0 Å². The van der Waals surface area contributed by atoms with E-state index in [1.165, 1.54) is 0 Å². The molecule has 74 valence electrons. The third-order valence-corrected chi connectivity index (χ3v) is 12.1. The standard InChI is InChI=1S/C10H24SSi/c1-8(2)12(7-11,9(3)4)10(5)6/h8-11H,7H2,1-6H3. The molecule has 0 aromatic heterocycles. The lowest BCUT2D eigenvalue weighted by atomic mass is 10.5. The molecule has 2 heteroatoms. The zero-order valence-corrected chi connectivity index (χ0v) is 11.3. The molecular formula is C10H24SSi. The smallest absolute Gasteiger partial charge is 0.0711 e. The summed E-state index contributed by atoms with van der Waals surface area (Å²) in [6.45, 7) is 14.3. The molecule has 0 nitrogen and oxygen atoms in total.